The molecule has 6 nitrogen and oxygen atoms in total. The molecule has 6 heteroatoms. The van der Waals surface area contributed by atoms with Gasteiger partial charge in [0.15, 0.2) is 0 Å². The first-order chi connectivity index (χ1) is 43.5. The van der Waals surface area contributed by atoms with Gasteiger partial charge in [-0.3, -0.25) is 9.59 Å². The first-order valence-electron chi connectivity index (χ1n) is 40.9. The lowest BCUT2D eigenvalue weighted by atomic mass is 10.0. The fourth-order valence-electron chi connectivity index (χ4n) is 13.3. The predicted molar refractivity (Wildman–Crippen MR) is 389 cm³/mol. The highest BCUT2D eigenvalue weighted by atomic mass is 16.5. The monoisotopic (exact) mass is 1240 g/mol. The van der Waals surface area contributed by atoms with Gasteiger partial charge in [-0.05, 0) is 51.4 Å². The molecule has 1 amide bonds. The van der Waals surface area contributed by atoms with Crippen LogP contribution in [-0.2, 0) is 14.3 Å². The minimum Gasteiger partial charge on any atom is -0.466 e. The van der Waals surface area contributed by atoms with Gasteiger partial charge in [0, 0.05) is 12.8 Å². The molecule has 0 radical (unpaired) electrons. The lowest BCUT2D eigenvalue weighted by molar-refractivity contribution is -0.143. The number of ether oxygens (including phenoxy) is 1. The Kier molecular flexibility index (Phi) is 76.8. The Labute approximate surface area is 552 Å². The third-order valence-corrected chi connectivity index (χ3v) is 19.6. The largest absolute Gasteiger partial charge is 0.466 e. The standard InChI is InChI=1S/C82H161NO5/c1-3-5-7-9-11-13-15-17-18-19-41-45-48-52-56-60-64-68-72-76-82(87)88-77-73-69-65-61-57-53-49-46-43-40-38-36-34-32-30-28-26-24-22-20-21-23-25-27-29-31-33-35-37-39-42-44-47-51-55-59-63-67-71-75-81(86)83-79(78-84)80(85)74-70-66-62-58-54-50-16-14-12-10-8-6-4-2/h20-21,79-80,84-85H,3-19,22-78H2,1-2H3,(H,83,86)/b21-20-. The van der Waals surface area contributed by atoms with E-state index < -0.39 is 12.1 Å². The maximum Gasteiger partial charge on any atom is 0.305 e. The number of carbonyl (C=O) groups excluding carboxylic acids is 2. The first kappa shape index (κ1) is 86.6. The van der Waals surface area contributed by atoms with Gasteiger partial charge < -0.3 is 20.3 Å². The van der Waals surface area contributed by atoms with Crippen LogP contribution in [0, 0.1) is 0 Å². The fraction of sp³-hybridized carbons (Fsp3) is 0.951. The summed E-state index contributed by atoms with van der Waals surface area (Å²) in [5.74, 6) is 0.000952. The van der Waals surface area contributed by atoms with Crippen LogP contribution in [0.5, 0.6) is 0 Å². The van der Waals surface area contributed by atoms with E-state index >= 15 is 0 Å². The van der Waals surface area contributed by atoms with Crippen molar-refractivity contribution in [1.29, 1.82) is 0 Å². The summed E-state index contributed by atoms with van der Waals surface area (Å²) >= 11 is 0. The van der Waals surface area contributed by atoms with Crippen LogP contribution in [0.1, 0.15) is 476 Å². The summed E-state index contributed by atoms with van der Waals surface area (Å²) in [6.45, 7) is 5.01. The summed E-state index contributed by atoms with van der Waals surface area (Å²) in [7, 11) is 0. The molecule has 3 N–H and O–H groups in total. The number of carbonyl (C=O) groups is 2. The van der Waals surface area contributed by atoms with E-state index in [1.807, 2.05) is 0 Å². The van der Waals surface area contributed by atoms with Crippen molar-refractivity contribution in [2.24, 2.45) is 0 Å². The molecule has 0 saturated carbocycles. The number of allylic oxidation sites excluding steroid dienone is 2. The summed E-state index contributed by atoms with van der Waals surface area (Å²) in [4.78, 5) is 24.6. The minimum absolute atomic E-state index is 0.0276. The van der Waals surface area contributed by atoms with Gasteiger partial charge in [-0.15, -0.1) is 0 Å². The van der Waals surface area contributed by atoms with Crippen LogP contribution in [0.4, 0.5) is 0 Å². The molecule has 0 bridgehead atoms. The second kappa shape index (κ2) is 78.0. The van der Waals surface area contributed by atoms with Crippen LogP contribution in [0.2, 0.25) is 0 Å². The number of nitrogens with one attached hydrogen (secondary N) is 1. The summed E-state index contributed by atoms with van der Waals surface area (Å²) < 4.78 is 5.52. The Morgan fingerprint density at radius 3 is 0.807 bits per heavy atom. The minimum atomic E-state index is -0.660. The van der Waals surface area contributed by atoms with E-state index in [1.54, 1.807) is 0 Å². The average Bonchev–Trinajstić information content (AvgIpc) is 3.54. The molecule has 0 aromatic carbocycles. The zero-order valence-electron chi connectivity index (χ0n) is 60.3. The van der Waals surface area contributed by atoms with E-state index in [0.717, 1.165) is 38.5 Å². The fourth-order valence-corrected chi connectivity index (χ4v) is 13.3. The Morgan fingerprint density at radius 2 is 0.534 bits per heavy atom. The van der Waals surface area contributed by atoms with Crippen LogP contribution >= 0.6 is 0 Å². The Hall–Kier alpha value is -1.40. The lowest BCUT2D eigenvalue weighted by Crippen LogP contribution is -2.45. The van der Waals surface area contributed by atoms with E-state index in [-0.39, 0.29) is 18.5 Å². The molecule has 0 saturated heterocycles. The third kappa shape index (κ3) is 73.6. The van der Waals surface area contributed by atoms with E-state index in [4.69, 9.17) is 4.74 Å². The van der Waals surface area contributed by atoms with Gasteiger partial charge in [0.2, 0.25) is 5.91 Å². The van der Waals surface area contributed by atoms with Gasteiger partial charge in [-0.2, -0.15) is 0 Å². The molecule has 0 aliphatic carbocycles. The van der Waals surface area contributed by atoms with Crippen molar-refractivity contribution in [3.8, 4) is 0 Å². The van der Waals surface area contributed by atoms with Crippen LogP contribution in [0.15, 0.2) is 12.2 Å². The number of rotatable bonds is 78. The van der Waals surface area contributed by atoms with Gasteiger partial charge in [0.05, 0.1) is 25.4 Å². The molecule has 0 aliphatic rings. The van der Waals surface area contributed by atoms with Crippen molar-refractivity contribution < 1.29 is 24.5 Å². The van der Waals surface area contributed by atoms with Crippen molar-refractivity contribution in [3.05, 3.63) is 12.2 Å². The summed E-state index contributed by atoms with van der Waals surface area (Å²) in [6.07, 6.45) is 99.0. The van der Waals surface area contributed by atoms with Crippen LogP contribution < -0.4 is 5.32 Å². The highest BCUT2D eigenvalue weighted by molar-refractivity contribution is 5.76. The highest BCUT2D eigenvalue weighted by Gasteiger charge is 2.20. The van der Waals surface area contributed by atoms with Crippen molar-refractivity contribution in [1.82, 2.24) is 5.32 Å². The Bertz CT molecular complexity index is 1340. The number of esters is 1. The second-order valence-electron chi connectivity index (χ2n) is 28.5. The topological polar surface area (TPSA) is 95.9 Å². The summed E-state index contributed by atoms with van der Waals surface area (Å²) in [5, 5.41) is 23.3. The number of amides is 1. The molecule has 0 aliphatic heterocycles. The molecule has 0 fully saturated rings. The summed E-state index contributed by atoms with van der Waals surface area (Å²) in [6, 6.07) is -0.537. The Balaban J connectivity index is 3.29. The molecule has 0 rings (SSSR count). The number of aliphatic hydroxyl groups is 2. The van der Waals surface area contributed by atoms with E-state index in [2.05, 4.69) is 31.3 Å². The van der Waals surface area contributed by atoms with Gasteiger partial charge in [-0.1, -0.05) is 424 Å². The zero-order valence-corrected chi connectivity index (χ0v) is 60.3. The van der Waals surface area contributed by atoms with Gasteiger partial charge >= 0.3 is 5.97 Å². The first-order valence-corrected chi connectivity index (χ1v) is 40.9. The maximum absolute atomic E-state index is 12.5. The second-order valence-corrected chi connectivity index (χ2v) is 28.5. The third-order valence-electron chi connectivity index (χ3n) is 19.6. The molecule has 0 heterocycles. The molecular formula is C82H161NO5. The van der Waals surface area contributed by atoms with Crippen molar-refractivity contribution in [2.75, 3.05) is 13.2 Å². The zero-order chi connectivity index (χ0) is 63.5. The quantitative estimate of drug-likeness (QED) is 0.0320. The van der Waals surface area contributed by atoms with Crippen molar-refractivity contribution in [2.45, 2.75) is 488 Å². The van der Waals surface area contributed by atoms with Crippen LogP contribution in [0.25, 0.3) is 0 Å². The molecule has 0 aromatic heterocycles. The molecule has 2 atom stereocenters. The Morgan fingerprint density at radius 1 is 0.307 bits per heavy atom. The summed E-state index contributed by atoms with van der Waals surface area (Å²) in [5.41, 5.74) is 0. The number of unbranched alkanes of at least 4 members (excludes halogenated alkanes) is 65. The lowest BCUT2D eigenvalue weighted by Gasteiger charge is -2.22. The van der Waals surface area contributed by atoms with Gasteiger partial charge in [-0.25, -0.2) is 0 Å². The maximum atomic E-state index is 12.5. The molecule has 2 unspecified atom stereocenters. The molecule has 0 aromatic rings. The normalized spacial score (nSPS) is 12.5. The molecule has 0 spiro atoms. The van der Waals surface area contributed by atoms with Gasteiger partial charge in [0.1, 0.15) is 0 Å². The molecule has 88 heavy (non-hydrogen) atoms. The number of hydrogen-bond acceptors (Lipinski definition) is 5. The van der Waals surface area contributed by atoms with Crippen LogP contribution in [0.3, 0.4) is 0 Å². The smallest absolute Gasteiger partial charge is 0.305 e. The number of aliphatic hydroxyl groups excluding tert-OH is 2. The molecule has 524 valence electrons. The van der Waals surface area contributed by atoms with Crippen molar-refractivity contribution >= 4 is 11.9 Å². The van der Waals surface area contributed by atoms with Crippen molar-refractivity contribution in [3.63, 3.8) is 0 Å². The predicted octanol–water partition coefficient (Wildman–Crippen LogP) is 27.1. The van der Waals surface area contributed by atoms with Gasteiger partial charge in [0.25, 0.3) is 0 Å². The average molecular weight is 1240 g/mol. The van der Waals surface area contributed by atoms with E-state index in [0.29, 0.717) is 25.9 Å². The SMILES string of the molecule is CCCCCCCCCCCCCCCCCCCCCC(=O)OCCCCCCCCCCCCCCCCCCCC/C=C\CCCCCCCCCCCCCCCCCCCC(=O)NC(CO)C(O)CCCCCCCCCCCCCCC. The molecular weight excluding hydrogens is 1080 g/mol. The highest BCUT2D eigenvalue weighted by Crippen LogP contribution is 2.21. The number of hydrogen-bond donors (Lipinski definition) is 3. The van der Waals surface area contributed by atoms with E-state index in [9.17, 15) is 19.8 Å². The van der Waals surface area contributed by atoms with E-state index in [1.165, 1.54) is 405 Å². The van der Waals surface area contributed by atoms with Crippen LogP contribution in [-0.4, -0.2) is 47.4 Å².